The zero-order valence-electron chi connectivity index (χ0n) is 12.3. The predicted octanol–water partition coefficient (Wildman–Crippen LogP) is 1.93. The molecule has 2 heterocycles. The zero-order chi connectivity index (χ0) is 14.7. The minimum atomic E-state index is 0.266. The number of nitrogens with zero attached hydrogens (tertiary/aromatic N) is 3. The molecule has 0 aliphatic carbocycles. The van der Waals surface area contributed by atoms with Gasteiger partial charge in [-0.1, -0.05) is 29.8 Å². The smallest absolute Gasteiger partial charge is 0.150 e. The van der Waals surface area contributed by atoms with Crippen molar-refractivity contribution in [2.45, 2.75) is 25.9 Å². The van der Waals surface area contributed by atoms with Crippen molar-refractivity contribution in [1.82, 2.24) is 10.2 Å². The molecule has 1 saturated heterocycles. The summed E-state index contributed by atoms with van der Waals surface area (Å²) in [6, 6.07) is 10.8. The third-order valence-electron chi connectivity index (χ3n) is 3.82. The number of rotatable bonds is 4. The van der Waals surface area contributed by atoms with Crippen LogP contribution in [0.25, 0.3) is 0 Å². The number of benzene rings is 1. The molecule has 1 aromatic heterocycles. The molecule has 5 heteroatoms. The molecule has 0 spiro atoms. The lowest BCUT2D eigenvalue weighted by molar-refractivity contribution is 0.752. The molecular weight excluding hydrogens is 262 g/mol. The van der Waals surface area contributed by atoms with Gasteiger partial charge in [0.25, 0.3) is 0 Å². The number of anilines is 2. The SMILES string of the molecule is Cc1ccc(CNc2cc(N3CCC(N)C3)cnn2)cc1. The Balaban J connectivity index is 1.64. The van der Waals surface area contributed by atoms with Crippen molar-refractivity contribution in [2.24, 2.45) is 5.73 Å². The molecule has 3 rings (SSSR count). The lowest BCUT2D eigenvalue weighted by atomic mass is 10.1. The second-order valence-electron chi connectivity index (χ2n) is 5.63. The summed E-state index contributed by atoms with van der Waals surface area (Å²) in [5.41, 5.74) is 9.54. The average molecular weight is 283 g/mol. The van der Waals surface area contributed by atoms with Crippen LogP contribution in [-0.4, -0.2) is 29.3 Å². The summed E-state index contributed by atoms with van der Waals surface area (Å²) in [5, 5.41) is 11.6. The first-order chi connectivity index (χ1) is 10.2. The molecule has 21 heavy (non-hydrogen) atoms. The number of aromatic nitrogens is 2. The van der Waals surface area contributed by atoms with Crippen molar-refractivity contribution in [3.05, 3.63) is 47.7 Å². The van der Waals surface area contributed by atoms with Crippen LogP contribution < -0.4 is 16.0 Å². The summed E-state index contributed by atoms with van der Waals surface area (Å²) < 4.78 is 0. The maximum atomic E-state index is 5.95. The summed E-state index contributed by atoms with van der Waals surface area (Å²) in [4.78, 5) is 2.26. The fourth-order valence-corrected chi connectivity index (χ4v) is 2.54. The van der Waals surface area contributed by atoms with Crippen LogP contribution >= 0.6 is 0 Å². The topological polar surface area (TPSA) is 67.1 Å². The largest absolute Gasteiger partial charge is 0.369 e. The van der Waals surface area contributed by atoms with Crippen LogP contribution in [0, 0.1) is 6.92 Å². The van der Waals surface area contributed by atoms with E-state index in [1.165, 1.54) is 11.1 Å². The minimum absolute atomic E-state index is 0.266. The van der Waals surface area contributed by atoms with Gasteiger partial charge in [-0.05, 0) is 18.9 Å². The molecule has 0 amide bonds. The third-order valence-corrected chi connectivity index (χ3v) is 3.82. The molecule has 2 aromatic rings. The monoisotopic (exact) mass is 283 g/mol. The summed E-state index contributed by atoms with van der Waals surface area (Å²) in [5.74, 6) is 0.800. The van der Waals surface area contributed by atoms with E-state index in [-0.39, 0.29) is 6.04 Å². The van der Waals surface area contributed by atoms with Gasteiger partial charge in [0.15, 0.2) is 5.82 Å². The molecule has 1 aromatic carbocycles. The van der Waals surface area contributed by atoms with E-state index < -0.39 is 0 Å². The number of nitrogens with one attached hydrogen (secondary N) is 1. The Bertz CT molecular complexity index is 596. The molecule has 0 bridgehead atoms. The number of aryl methyl sites for hydroxylation is 1. The van der Waals surface area contributed by atoms with Crippen LogP contribution in [0.5, 0.6) is 0 Å². The van der Waals surface area contributed by atoms with Crippen molar-refractivity contribution in [2.75, 3.05) is 23.3 Å². The predicted molar refractivity (Wildman–Crippen MR) is 85.3 cm³/mol. The van der Waals surface area contributed by atoms with Crippen molar-refractivity contribution >= 4 is 11.5 Å². The maximum absolute atomic E-state index is 5.95. The van der Waals surface area contributed by atoms with Gasteiger partial charge in [0.2, 0.25) is 0 Å². The van der Waals surface area contributed by atoms with E-state index >= 15 is 0 Å². The van der Waals surface area contributed by atoms with Gasteiger partial charge >= 0.3 is 0 Å². The molecule has 1 atom stereocenters. The number of hydrogen-bond acceptors (Lipinski definition) is 5. The fourth-order valence-electron chi connectivity index (χ4n) is 2.54. The van der Waals surface area contributed by atoms with Crippen LogP contribution in [0.15, 0.2) is 36.5 Å². The van der Waals surface area contributed by atoms with E-state index in [0.29, 0.717) is 0 Å². The Morgan fingerprint density at radius 2 is 2.14 bits per heavy atom. The molecule has 3 N–H and O–H groups in total. The molecule has 0 radical (unpaired) electrons. The van der Waals surface area contributed by atoms with Crippen molar-refractivity contribution in [3.63, 3.8) is 0 Å². The zero-order valence-corrected chi connectivity index (χ0v) is 12.3. The molecule has 1 aliphatic rings. The first-order valence-electron chi connectivity index (χ1n) is 7.33. The van der Waals surface area contributed by atoms with Crippen LogP contribution in [0.2, 0.25) is 0 Å². The van der Waals surface area contributed by atoms with E-state index in [4.69, 9.17) is 5.73 Å². The highest BCUT2D eigenvalue weighted by atomic mass is 15.2. The van der Waals surface area contributed by atoms with Gasteiger partial charge in [0, 0.05) is 31.7 Å². The highest BCUT2D eigenvalue weighted by molar-refractivity contribution is 5.53. The summed E-state index contributed by atoms with van der Waals surface area (Å²) >= 11 is 0. The van der Waals surface area contributed by atoms with Crippen LogP contribution in [-0.2, 0) is 6.54 Å². The fraction of sp³-hybridized carbons (Fsp3) is 0.375. The second-order valence-corrected chi connectivity index (χ2v) is 5.63. The Hall–Kier alpha value is -2.14. The Kier molecular flexibility index (Phi) is 4.01. The molecule has 5 nitrogen and oxygen atoms in total. The lowest BCUT2D eigenvalue weighted by Crippen LogP contribution is -2.26. The first kappa shape index (κ1) is 13.8. The van der Waals surface area contributed by atoms with E-state index in [2.05, 4.69) is 51.6 Å². The molecule has 0 saturated carbocycles. The van der Waals surface area contributed by atoms with Gasteiger partial charge in [0.1, 0.15) is 0 Å². The van der Waals surface area contributed by atoms with Crippen molar-refractivity contribution in [3.8, 4) is 0 Å². The molecule has 1 fully saturated rings. The van der Waals surface area contributed by atoms with E-state index in [1.54, 1.807) is 6.20 Å². The molecule has 1 unspecified atom stereocenters. The molecule has 1 aliphatic heterocycles. The average Bonchev–Trinajstić information content (AvgIpc) is 2.94. The van der Waals surface area contributed by atoms with Crippen molar-refractivity contribution in [1.29, 1.82) is 0 Å². The Labute approximate surface area is 125 Å². The van der Waals surface area contributed by atoms with E-state index in [0.717, 1.165) is 37.6 Å². The van der Waals surface area contributed by atoms with Crippen LogP contribution in [0.1, 0.15) is 17.5 Å². The number of nitrogens with two attached hydrogens (primary N) is 1. The van der Waals surface area contributed by atoms with Crippen molar-refractivity contribution < 1.29 is 0 Å². The van der Waals surface area contributed by atoms with Gasteiger partial charge in [0.05, 0.1) is 11.9 Å². The summed E-state index contributed by atoms with van der Waals surface area (Å²) in [6.45, 7) is 4.72. The van der Waals surface area contributed by atoms with Gasteiger partial charge in [-0.3, -0.25) is 0 Å². The summed E-state index contributed by atoms with van der Waals surface area (Å²) in [7, 11) is 0. The third kappa shape index (κ3) is 3.49. The van der Waals surface area contributed by atoms with Crippen LogP contribution in [0.4, 0.5) is 11.5 Å². The van der Waals surface area contributed by atoms with Gasteiger partial charge < -0.3 is 16.0 Å². The quantitative estimate of drug-likeness (QED) is 0.897. The standard InChI is InChI=1S/C16H21N5/c1-12-2-4-13(5-3-12)9-18-16-8-15(10-19-20-16)21-7-6-14(17)11-21/h2-5,8,10,14H,6-7,9,11,17H2,1H3,(H,18,20). The highest BCUT2D eigenvalue weighted by Gasteiger charge is 2.19. The minimum Gasteiger partial charge on any atom is -0.369 e. The summed E-state index contributed by atoms with van der Waals surface area (Å²) in [6.07, 6.45) is 2.84. The Morgan fingerprint density at radius 3 is 2.86 bits per heavy atom. The normalized spacial score (nSPS) is 18.0. The second kappa shape index (κ2) is 6.10. The van der Waals surface area contributed by atoms with Gasteiger partial charge in [-0.15, -0.1) is 5.10 Å². The van der Waals surface area contributed by atoms with Crippen LogP contribution in [0.3, 0.4) is 0 Å². The lowest BCUT2D eigenvalue weighted by Gasteiger charge is -2.18. The highest BCUT2D eigenvalue weighted by Crippen LogP contribution is 2.20. The first-order valence-corrected chi connectivity index (χ1v) is 7.33. The molecule has 110 valence electrons. The van der Waals surface area contributed by atoms with E-state index in [9.17, 15) is 0 Å². The molecular formula is C16H21N5. The maximum Gasteiger partial charge on any atom is 0.150 e. The number of hydrogen-bond donors (Lipinski definition) is 2. The van der Waals surface area contributed by atoms with Gasteiger partial charge in [-0.25, -0.2) is 0 Å². The van der Waals surface area contributed by atoms with Gasteiger partial charge in [-0.2, -0.15) is 5.10 Å². The van der Waals surface area contributed by atoms with E-state index in [1.807, 2.05) is 6.07 Å². The Morgan fingerprint density at radius 1 is 1.33 bits per heavy atom.